The highest BCUT2D eigenvalue weighted by Gasteiger charge is 2.31. The number of nitrogens with zero attached hydrogens (tertiary/aromatic N) is 1. The molecule has 0 radical (unpaired) electrons. The third-order valence-electron chi connectivity index (χ3n) is 2.55. The molecular weight excluding hydrogens is 306 g/mol. The van der Waals surface area contributed by atoms with Crippen LogP contribution in [0.25, 0.3) is 0 Å². The van der Waals surface area contributed by atoms with Crippen molar-refractivity contribution in [2.24, 2.45) is 0 Å². The van der Waals surface area contributed by atoms with Crippen molar-refractivity contribution in [2.45, 2.75) is 11.8 Å². The van der Waals surface area contributed by atoms with E-state index < -0.39 is 26.5 Å². The Labute approximate surface area is 130 Å². The second-order valence-corrected chi connectivity index (χ2v) is 6.42. The number of aliphatic hydroxyl groups excluding tert-OH is 1. The first kappa shape index (κ1) is 17.8. The molecule has 0 spiro atoms. The minimum absolute atomic E-state index is 0.00266. The average molecular weight is 325 g/mol. The summed E-state index contributed by atoms with van der Waals surface area (Å²) in [6, 6.07) is 7.40. The number of sulfone groups is 1. The normalized spacial score (nSPS) is 12.9. The van der Waals surface area contributed by atoms with Crippen molar-refractivity contribution >= 4 is 15.8 Å². The van der Waals surface area contributed by atoms with Crippen molar-refractivity contribution in [1.82, 2.24) is 4.90 Å². The smallest absolute Gasteiger partial charge is 0.354 e. The zero-order valence-electron chi connectivity index (χ0n) is 12.7. The van der Waals surface area contributed by atoms with Crippen LogP contribution in [0.3, 0.4) is 0 Å². The number of aliphatic hydroxyl groups is 1. The van der Waals surface area contributed by atoms with Gasteiger partial charge in [-0.25, -0.2) is 13.2 Å². The molecule has 0 atom stereocenters. The molecule has 0 amide bonds. The summed E-state index contributed by atoms with van der Waals surface area (Å²) in [5.74, 6) is -1.76. The van der Waals surface area contributed by atoms with Gasteiger partial charge in [0.05, 0.1) is 11.5 Å². The van der Waals surface area contributed by atoms with E-state index in [0.29, 0.717) is 0 Å². The lowest BCUT2D eigenvalue weighted by atomic mass is 10.4. The summed E-state index contributed by atoms with van der Waals surface area (Å²) in [6.07, 6.45) is 2.56. The van der Waals surface area contributed by atoms with Gasteiger partial charge in [-0.1, -0.05) is 18.2 Å². The largest absolute Gasteiger partial charge is 0.506 e. The Kier molecular flexibility index (Phi) is 6.18. The van der Waals surface area contributed by atoms with E-state index in [1.165, 1.54) is 30.5 Å². The molecule has 0 aromatic heterocycles. The van der Waals surface area contributed by atoms with Crippen LogP contribution >= 0.6 is 0 Å². The fourth-order valence-electron chi connectivity index (χ4n) is 1.56. The first-order valence-electron chi connectivity index (χ1n) is 6.55. The zero-order valence-corrected chi connectivity index (χ0v) is 13.5. The molecule has 0 saturated heterocycles. The average Bonchev–Trinajstić information content (AvgIpc) is 2.46. The van der Waals surface area contributed by atoms with Crippen LogP contribution in [0.1, 0.15) is 6.92 Å². The predicted molar refractivity (Wildman–Crippen MR) is 82.7 cm³/mol. The number of ether oxygens (including phenoxy) is 1. The summed E-state index contributed by atoms with van der Waals surface area (Å²) >= 11 is 0. The molecule has 0 bridgehead atoms. The lowest BCUT2D eigenvalue weighted by Crippen LogP contribution is -2.19. The second-order valence-electron chi connectivity index (χ2n) is 4.53. The molecule has 6 nitrogen and oxygen atoms in total. The van der Waals surface area contributed by atoms with E-state index in [4.69, 9.17) is 4.74 Å². The van der Waals surface area contributed by atoms with Crippen LogP contribution in [0.5, 0.6) is 0 Å². The van der Waals surface area contributed by atoms with E-state index in [-0.39, 0.29) is 11.5 Å². The molecule has 0 unspecified atom stereocenters. The highest BCUT2D eigenvalue weighted by atomic mass is 32.2. The highest BCUT2D eigenvalue weighted by Crippen LogP contribution is 2.23. The number of benzene rings is 1. The Morgan fingerprint density at radius 2 is 1.86 bits per heavy atom. The standard InChI is InChI=1S/C15H19NO5S/c1-4-21-15(18)14(13(17)10-11-16(2)3)22(19,20)12-8-6-5-7-9-12/h5-11,17H,4H2,1-3H3/b11-10+,14-13+. The maximum atomic E-state index is 12.6. The summed E-state index contributed by atoms with van der Waals surface area (Å²) in [6.45, 7) is 1.55. The molecule has 0 heterocycles. The van der Waals surface area contributed by atoms with Gasteiger partial charge in [-0.15, -0.1) is 0 Å². The summed E-state index contributed by atoms with van der Waals surface area (Å²) in [5, 5.41) is 10.0. The number of carbonyl (C=O) groups is 1. The molecule has 0 aliphatic carbocycles. The van der Waals surface area contributed by atoms with Crippen molar-refractivity contribution < 1.29 is 23.1 Å². The number of rotatable bonds is 6. The molecule has 22 heavy (non-hydrogen) atoms. The van der Waals surface area contributed by atoms with Gasteiger partial charge in [0.25, 0.3) is 0 Å². The molecular formula is C15H19NO5S. The molecule has 120 valence electrons. The minimum Gasteiger partial charge on any atom is -0.506 e. The summed E-state index contributed by atoms with van der Waals surface area (Å²) in [4.78, 5) is 12.7. The van der Waals surface area contributed by atoms with Crippen LogP contribution in [-0.2, 0) is 19.4 Å². The monoisotopic (exact) mass is 325 g/mol. The maximum absolute atomic E-state index is 12.6. The lowest BCUT2D eigenvalue weighted by molar-refractivity contribution is -0.137. The SMILES string of the molecule is CCOC(=O)/C(=C(O)/C=C/N(C)C)S(=O)(=O)c1ccccc1. The van der Waals surface area contributed by atoms with E-state index in [1.54, 1.807) is 32.0 Å². The van der Waals surface area contributed by atoms with Gasteiger partial charge in [0.1, 0.15) is 5.76 Å². The summed E-state index contributed by atoms with van der Waals surface area (Å²) in [5.41, 5.74) is 0. The van der Waals surface area contributed by atoms with Crippen LogP contribution in [-0.4, -0.2) is 45.1 Å². The fraction of sp³-hybridized carbons (Fsp3) is 0.267. The third-order valence-corrected chi connectivity index (χ3v) is 4.35. The molecule has 1 aromatic rings. The first-order valence-corrected chi connectivity index (χ1v) is 8.04. The lowest BCUT2D eigenvalue weighted by Gasteiger charge is -2.10. The van der Waals surface area contributed by atoms with Crippen molar-refractivity contribution in [3.8, 4) is 0 Å². The zero-order chi connectivity index (χ0) is 16.8. The van der Waals surface area contributed by atoms with Gasteiger partial charge in [-0.2, -0.15) is 0 Å². The molecule has 1 rings (SSSR count). The minimum atomic E-state index is -4.18. The van der Waals surface area contributed by atoms with Gasteiger partial charge < -0.3 is 14.7 Å². The fourth-order valence-corrected chi connectivity index (χ4v) is 2.93. The van der Waals surface area contributed by atoms with Crippen molar-refractivity contribution in [3.05, 3.63) is 53.3 Å². The topological polar surface area (TPSA) is 83.9 Å². The number of hydrogen-bond donors (Lipinski definition) is 1. The van der Waals surface area contributed by atoms with E-state index in [0.717, 1.165) is 6.08 Å². The van der Waals surface area contributed by atoms with E-state index in [9.17, 15) is 18.3 Å². The second kappa shape index (κ2) is 7.65. The van der Waals surface area contributed by atoms with Crippen LogP contribution in [0.4, 0.5) is 0 Å². The van der Waals surface area contributed by atoms with Crippen molar-refractivity contribution in [3.63, 3.8) is 0 Å². The molecule has 1 aromatic carbocycles. The van der Waals surface area contributed by atoms with E-state index in [2.05, 4.69) is 0 Å². The molecule has 0 aliphatic heterocycles. The number of esters is 1. The maximum Gasteiger partial charge on any atom is 0.354 e. The molecule has 0 fully saturated rings. The molecule has 0 saturated carbocycles. The summed E-state index contributed by atoms with van der Waals surface area (Å²) < 4.78 is 29.9. The van der Waals surface area contributed by atoms with Gasteiger partial charge >= 0.3 is 5.97 Å². The van der Waals surface area contributed by atoms with E-state index in [1.807, 2.05) is 0 Å². The highest BCUT2D eigenvalue weighted by molar-refractivity contribution is 7.96. The first-order chi connectivity index (χ1) is 10.3. The molecule has 7 heteroatoms. The van der Waals surface area contributed by atoms with Gasteiger partial charge in [0.2, 0.25) is 9.84 Å². The Hall–Kier alpha value is -2.28. The van der Waals surface area contributed by atoms with E-state index >= 15 is 0 Å². The Morgan fingerprint density at radius 1 is 1.27 bits per heavy atom. The van der Waals surface area contributed by atoms with Crippen LogP contribution < -0.4 is 0 Å². The van der Waals surface area contributed by atoms with Crippen molar-refractivity contribution in [2.75, 3.05) is 20.7 Å². The van der Waals surface area contributed by atoms with Crippen LogP contribution in [0, 0.1) is 0 Å². The third kappa shape index (κ3) is 4.36. The number of carbonyl (C=O) groups excluding carboxylic acids is 1. The van der Waals surface area contributed by atoms with Gasteiger partial charge in [0, 0.05) is 20.3 Å². The van der Waals surface area contributed by atoms with Crippen LogP contribution in [0.2, 0.25) is 0 Å². The van der Waals surface area contributed by atoms with Crippen LogP contribution in [0.15, 0.2) is 58.2 Å². The van der Waals surface area contributed by atoms with Crippen molar-refractivity contribution in [1.29, 1.82) is 0 Å². The number of allylic oxidation sites excluding steroid dienone is 1. The Balaban J connectivity index is 3.45. The quantitative estimate of drug-likeness (QED) is 0.372. The van der Waals surface area contributed by atoms with Gasteiger partial charge in [-0.3, -0.25) is 0 Å². The molecule has 1 N–H and O–H groups in total. The Bertz CT molecular complexity index is 675. The number of hydrogen-bond acceptors (Lipinski definition) is 6. The predicted octanol–water partition coefficient (Wildman–Crippen LogP) is 1.87. The van der Waals surface area contributed by atoms with Gasteiger partial charge in [0.15, 0.2) is 4.91 Å². The summed E-state index contributed by atoms with van der Waals surface area (Å²) in [7, 11) is -0.796. The Morgan fingerprint density at radius 3 is 2.36 bits per heavy atom. The van der Waals surface area contributed by atoms with Gasteiger partial charge in [-0.05, 0) is 25.1 Å². The molecule has 0 aliphatic rings.